The van der Waals surface area contributed by atoms with E-state index < -0.39 is 0 Å². The highest BCUT2D eigenvalue weighted by molar-refractivity contribution is 7.81. The summed E-state index contributed by atoms with van der Waals surface area (Å²) in [5.74, 6) is 1.54. The average molecular weight is 255 g/mol. The molecular formula is C13H21NO2S. The van der Waals surface area contributed by atoms with Gasteiger partial charge in [-0.1, -0.05) is 6.07 Å². The predicted octanol–water partition coefficient (Wildman–Crippen LogP) is 2.50. The Morgan fingerprint density at radius 3 is 2.35 bits per heavy atom. The van der Waals surface area contributed by atoms with E-state index in [2.05, 4.69) is 24.0 Å². The van der Waals surface area contributed by atoms with Gasteiger partial charge in [-0.25, -0.2) is 0 Å². The number of hydrogen-bond acceptors (Lipinski definition) is 4. The van der Waals surface area contributed by atoms with Gasteiger partial charge in [-0.2, -0.15) is 12.6 Å². The number of nitrogens with one attached hydrogen (secondary N) is 1. The van der Waals surface area contributed by atoms with Crippen LogP contribution < -0.4 is 14.8 Å². The summed E-state index contributed by atoms with van der Waals surface area (Å²) in [6.07, 6.45) is 0.935. The molecule has 0 aliphatic carbocycles. The van der Waals surface area contributed by atoms with Crippen molar-refractivity contribution in [1.82, 2.24) is 5.32 Å². The first-order valence-corrected chi connectivity index (χ1v) is 6.09. The van der Waals surface area contributed by atoms with E-state index in [1.165, 1.54) is 5.56 Å². The van der Waals surface area contributed by atoms with Crippen molar-refractivity contribution >= 4 is 12.6 Å². The number of ether oxygens (including phenoxy) is 2. The monoisotopic (exact) mass is 255 g/mol. The van der Waals surface area contributed by atoms with Crippen LogP contribution in [0.1, 0.15) is 19.4 Å². The van der Waals surface area contributed by atoms with Gasteiger partial charge in [0, 0.05) is 6.54 Å². The van der Waals surface area contributed by atoms with E-state index >= 15 is 0 Å². The molecule has 0 heterocycles. The third-order valence-corrected chi connectivity index (χ3v) is 2.58. The highest BCUT2D eigenvalue weighted by Gasteiger charge is 2.09. The Morgan fingerprint density at radius 2 is 1.82 bits per heavy atom. The molecule has 0 bridgehead atoms. The van der Waals surface area contributed by atoms with Crippen LogP contribution in [-0.4, -0.2) is 25.6 Å². The van der Waals surface area contributed by atoms with Gasteiger partial charge in [-0.3, -0.25) is 0 Å². The minimum Gasteiger partial charge on any atom is -0.493 e. The minimum absolute atomic E-state index is 0.142. The van der Waals surface area contributed by atoms with Crippen LogP contribution in [0.3, 0.4) is 0 Å². The van der Waals surface area contributed by atoms with Crippen molar-refractivity contribution in [1.29, 1.82) is 0 Å². The smallest absolute Gasteiger partial charge is 0.160 e. The Bertz CT molecular complexity index is 361. The van der Waals surface area contributed by atoms with Crippen molar-refractivity contribution in [3.8, 4) is 11.5 Å². The molecule has 1 aromatic carbocycles. The average Bonchev–Trinajstić information content (AvgIpc) is 2.27. The van der Waals surface area contributed by atoms with Crippen LogP contribution in [0.2, 0.25) is 0 Å². The Morgan fingerprint density at radius 1 is 1.18 bits per heavy atom. The number of rotatable bonds is 6. The molecule has 1 aromatic rings. The van der Waals surface area contributed by atoms with Crippen molar-refractivity contribution in [3.63, 3.8) is 0 Å². The van der Waals surface area contributed by atoms with Crippen LogP contribution in [0.5, 0.6) is 11.5 Å². The summed E-state index contributed by atoms with van der Waals surface area (Å²) in [6, 6.07) is 5.99. The van der Waals surface area contributed by atoms with Crippen molar-refractivity contribution in [2.24, 2.45) is 0 Å². The molecule has 0 saturated heterocycles. The van der Waals surface area contributed by atoms with E-state index in [1.54, 1.807) is 14.2 Å². The Hall–Kier alpha value is -0.870. The van der Waals surface area contributed by atoms with Gasteiger partial charge in [0.25, 0.3) is 0 Å². The fraction of sp³-hybridized carbons (Fsp3) is 0.538. The predicted molar refractivity (Wildman–Crippen MR) is 74.3 cm³/mol. The highest BCUT2D eigenvalue weighted by atomic mass is 32.1. The van der Waals surface area contributed by atoms with E-state index in [0.29, 0.717) is 0 Å². The lowest BCUT2D eigenvalue weighted by molar-refractivity contribution is 0.354. The molecule has 0 unspecified atom stereocenters. The maximum absolute atomic E-state index is 5.26. The van der Waals surface area contributed by atoms with E-state index in [9.17, 15) is 0 Å². The quantitative estimate of drug-likeness (QED) is 0.605. The minimum atomic E-state index is -0.142. The molecule has 0 aliphatic rings. The van der Waals surface area contributed by atoms with Gasteiger partial charge in [-0.15, -0.1) is 0 Å². The normalized spacial score (nSPS) is 11.4. The summed E-state index contributed by atoms with van der Waals surface area (Å²) in [4.78, 5) is -0.142. The molecule has 0 atom stereocenters. The Balaban J connectivity index is 2.60. The van der Waals surface area contributed by atoms with Gasteiger partial charge < -0.3 is 14.8 Å². The fourth-order valence-electron chi connectivity index (χ4n) is 1.55. The standard InChI is InChI=1S/C13H21NO2S/c1-13(2,17)14-8-7-10-5-6-11(15-3)12(9-10)16-4/h5-6,9,14,17H,7-8H2,1-4H3. The summed E-state index contributed by atoms with van der Waals surface area (Å²) >= 11 is 4.42. The molecule has 0 aromatic heterocycles. The molecule has 96 valence electrons. The van der Waals surface area contributed by atoms with E-state index in [4.69, 9.17) is 9.47 Å². The number of methoxy groups -OCH3 is 2. The topological polar surface area (TPSA) is 30.5 Å². The lowest BCUT2D eigenvalue weighted by Gasteiger charge is -2.19. The second-order valence-electron chi connectivity index (χ2n) is 4.43. The molecule has 0 radical (unpaired) electrons. The third-order valence-electron chi connectivity index (χ3n) is 2.42. The maximum Gasteiger partial charge on any atom is 0.160 e. The molecule has 0 aliphatic heterocycles. The Labute approximate surface area is 109 Å². The zero-order chi connectivity index (χ0) is 12.9. The van der Waals surface area contributed by atoms with Gasteiger partial charge in [-0.05, 0) is 38.0 Å². The third kappa shape index (κ3) is 4.88. The molecule has 17 heavy (non-hydrogen) atoms. The second-order valence-corrected chi connectivity index (χ2v) is 5.54. The van der Waals surface area contributed by atoms with Crippen LogP contribution in [0, 0.1) is 0 Å². The molecule has 0 saturated carbocycles. The summed E-state index contributed by atoms with van der Waals surface area (Å²) in [6.45, 7) is 4.95. The Kier molecular flexibility index (Phi) is 5.15. The van der Waals surface area contributed by atoms with Gasteiger partial charge >= 0.3 is 0 Å². The fourth-order valence-corrected chi connectivity index (χ4v) is 1.66. The van der Waals surface area contributed by atoms with Crippen molar-refractivity contribution in [2.45, 2.75) is 25.1 Å². The van der Waals surface area contributed by atoms with E-state index in [-0.39, 0.29) is 4.87 Å². The molecule has 0 fully saturated rings. The van der Waals surface area contributed by atoms with E-state index in [1.807, 2.05) is 26.0 Å². The number of thiol groups is 1. The molecule has 1 rings (SSSR count). The van der Waals surface area contributed by atoms with Gasteiger partial charge in [0.2, 0.25) is 0 Å². The zero-order valence-electron chi connectivity index (χ0n) is 10.9. The number of benzene rings is 1. The lowest BCUT2D eigenvalue weighted by Crippen LogP contribution is -2.34. The first kappa shape index (κ1) is 14.2. The van der Waals surface area contributed by atoms with Crippen molar-refractivity contribution in [3.05, 3.63) is 23.8 Å². The zero-order valence-corrected chi connectivity index (χ0v) is 11.8. The number of hydrogen-bond donors (Lipinski definition) is 2. The molecule has 1 N–H and O–H groups in total. The van der Waals surface area contributed by atoms with Gasteiger partial charge in [0.1, 0.15) is 0 Å². The summed E-state index contributed by atoms with van der Waals surface area (Å²) in [5, 5.41) is 3.33. The summed E-state index contributed by atoms with van der Waals surface area (Å²) < 4.78 is 10.5. The van der Waals surface area contributed by atoms with Crippen LogP contribution in [0.4, 0.5) is 0 Å². The molecular weight excluding hydrogens is 234 g/mol. The van der Waals surface area contributed by atoms with Crippen LogP contribution in [-0.2, 0) is 6.42 Å². The largest absolute Gasteiger partial charge is 0.493 e. The van der Waals surface area contributed by atoms with Crippen LogP contribution in [0.15, 0.2) is 18.2 Å². The highest BCUT2D eigenvalue weighted by Crippen LogP contribution is 2.27. The SMILES string of the molecule is COc1ccc(CCNC(C)(C)S)cc1OC. The van der Waals surface area contributed by atoms with Crippen LogP contribution >= 0.6 is 12.6 Å². The molecule has 3 nitrogen and oxygen atoms in total. The van der Waals surface area contributed by atoms with Crippen molar-refractivity contribution in [2.75, 3.05) is 20.8 Å². The van der Waals surface area contributed by atoms with Crippen LogP contribution in [0.25, 0.3) is 0 Å². The molecule has 4 heteroatoms. The maximum atomic E-state index is 5.26. The molecule has 0 amide bonds. The lowest BCUT2D eigenvalue weighted by atomic mass is 10.1. The first-order valence-electron chi connectivity index (χ1n) is 5.64. The van der Waals surface area contributed by atoms with E-state index in [0.717, 1.165) is 24.5 Å². The van der Waals surface area contributed by atoms with Gasteiger partial charge in [0.15, 0.2) is 11.5 Å². The summed E-state index contributed by atoms with van der Waals surface area (Å²) in [5.41, 5.74) is 1.22. The second kappa shape index (κ2) is 6.17. The first-order chi connectivity index (χ1) is 7.96. The summed E-state index contributed by atoms with van der Waals surface area (Å²) in [7, 11) is 3.29. The molecule has 0 spiro atoms. The van der Waals surface area contributed by atoms with Gasteiger partial charge in [0.05, 0.1) is 19.1 Å². The van der Waals surface area contributed by atoms with Crippen molar-refractivity contribution < 1.29 is 9.47 Å².